The number of carbonyl (C=O) groups excluding carboxylic acids is 1. The molecule has 4 rings (SSSR count). The number of nitrogens with one attached hydrogen (secondary N) is 1. The molecule has 2 aliphatic rings. The Morgan fingerprint density at radius 1 is 1.39 bits per heavy atom. The van der Waals surface area contributed by atoms with Gasteiger partial charge in [-0.05, 0) is 43.0 Å². The summed E-state index contributed by atoms with van der Waals surface area (Å²) in [6, 6.07) is 3.08. The van der Waals surface area contributed by atoms with Crippen LogP contribution in [0.25, 0.3) is 0 Å². The number of hydrogen-bond donors (Lipinski definition) is 1. The Morgan fingerprint density at radius 3 is 2.86 bits per heavy atom. The second kappa shape index (κ2) is 8.14. The Kier molecular flexibility index (Phi) is 5.61. The molecule has 2 aromatic rings. The van der Waals surface area contributed by atoms with Gasteiger partial charge in [0, 0.05) is 29.9 Å². The molecule has 4 heterocycles. The molecule has 2 aromatic heterocycles. The summed E-state index contributed by atoms with van der Waals surface area (Å²) in [5.41, 5.74) is 0. The largest absolute Gasteiger partial charge is 0.351 e. The van der Waals surface area contributed by atoms with Gasteiger partial charge in [0.1, 0.15) is 12.4 Å². The van der Waals surface area contributed by atoms with E-state index in [9.17, 15) is 13.6 Å². The Bertz CT molecular complexity index is 788. The fourth-order valence-corrected chi connectivity index (χ4v) is 5.19. The van der Waals surface area contributed by atoms with Gasteiger partial charge in [-0.1, -0.05) is 13.0 Å². The molecule has 28 heavy (non-hydrogen) atoms. The minimum absolute atomic E-state index is 0.0372. The van der Waals surface area contributed by atoms with E-state index in [0.717, 1.165) is 19.3 Å². The predicted octanol–water partition coefficient (Wildman–Crippen LogP) is 3.45. The zero-order valence-electron chi connectivity index (χ0n) is 15.8. The Balaban J connectivity index is 1.33. The number of aromatic nitrogens is 3. The molecular formula is C19H25F2N5OS. The normalized spacial score (nSPS) is 24.1. The van der Waals surface area contributed by atoms with E-state index in [-0.39, 0.29) is 23.8 Å². The van der Waals surface area contributed by atoms with E-state index >= 15 is 0 Å². The Morgan fingerprint density at radius 2 is 2.18 bits per heavy atom. The molecule has 9 heteroatoms. The summed E-state index contributed by atoms with van der Waals surface area (Å²) in [5.74, 6) is 0.825. The van der Waals surface area contributed by atoms with Crippen LogP contribution < -0.4 is 5.32 Å². The van der Waals surface area contributed by atoms with Crippen LogP contribution in [0.15, 0.2) is 23.8 Å². The first-order valence-electron chi connectivity index (χ1n) is 9.78. The highest BCUT2D eigenvalue weighted by Crippen LogP contribution is 2.35. The molecule has 0 aliphatic carbocycles. The van der Waals surface area contributed by atoms with E-state index in [4.69, 9.17) is 0 Å². The van der Waals surface area contributed by atoms with E-state index < -0.39 is 12.5 Å². The average molecular weight is 410 g/mol. The number of halogens is 2. The van der Waals surface area contributed by atoms with Gasteiger partial charge in [0.2, 0.25) is 11.9 Å². The fourth-order valence-electron chi connectivity index (χ4n) is 4.35. The Hall–Kier alpha value is -2.03. The van der Waals surface area contributed by atoms with Crippen molar-refractivity contribution >= 4 is 23.2 Å². The zero-order chi connectivity index (χ0) is 19.7. The average Bonchev–Trinajstić information content (AvgIpc) is 3.38. The van der Waals surface area contributed by atoms with Gasteiger partial charge in [-0.2, -0.15) is 10.1 Å². The molecule has 152 valence electrons. The number of amides is 1. The van der Waals surface area contributed by atoms with Gasteiger partial charge >= 0.3 is 0 Å². The molecule has 0 aromatic carbocycles. The van der Waals surface area contributed by atoms with E-state index in [1.54, 1.807) is 11.3 Å². The molecule has 6 nitrogen and oxygen atoms in total. The molecule has 1 fully saturated rings. The lowest BCUT2D eigenvalue weighted by Gasteiger charge is -2.40. The lowest BCUT2D eigenvalue weighted by molar-refractivity contribution is -0.136. The van der Waals surface area contributed by atoms with Gasteiger partial charge in [0.05, 0.1) is 0 Å². The summed E-state index contributed by atoms with van der Waals surface area (Å²) >= 11 is 1.68. The van der Waals surface area contributed by atoms with E-state index in [1.165, 1.54) is 15.9 Å². The molecular weight excluding hydrogens is 384 g/mol. The van der Waals surface area contributed by atoms with E-state index in [1.807, 2.05) is 23.3 Å². The first-order chi connectivity index (χ1) is 13.5. The van der Waals surface area contributed by atoms with Gasteiger partial charge in [0.15, 0.2) is 0 Å². The predicted molar refractivity (Wildman–Crippen MR) is 104 cm³/mol. The van der Waals surface area contributed by atoms with Gasteiger partial charge in [-0.25, -0.2) is 13.5 Å². The van der Waals surface area contributed by atoms with Crippen LogP contribution in [-0.2, 0) is 11.2 Å². The molecule has 0 spiro atoms. The summed E-state index contributed by atoms with van der Waals surface area (Å²) in [6.45, 7) is 3.35. The summed E-state index contributed by atoms with van der Waals surface area (Å²) in [4.78, 5) is 20.0. The summed E-state index contributed by atoms with van der Waals surface area (Å²) in [7, 11) is 0. The third kappa shape index (κ3) is 3.90. The number of nitrogens with zero attached hydrogens (tertiary/aromatic N) is 4. The molecule has 0 radical (unpaired) electrons. The minimum Gasteiger partial charge on any atom is -0.351 e. The van der Waals surface area contributed by atoms with Crippen molar-refractivity contribution in [1.29, 1.82) is 0 Å². The maximum absolute atomic E-state index is 13.5. The highest BCUT2D eigenvalue weighted by molar-refractivity contribution is 7.09. The van der Waals surface area contributed by atoms with Crippen molar-refractivity contribution < 1.29 is 13.6 Å². The number of alkyl halides is 2. The van der Waals surface area contributed by atoms with Gasteiger partial charge in [-0.15, -0.1) is 11.3 Å². The van der Waals surface area contributed by atoms with Crippen molar-refractivity contribution in [3.63, 3.8) is 0 Å². The van der Waals surface area contributed by atoms with Crippen molar-refractivity contribution in [2.75, 3.05) is 18.4 Å². The van der Waals surface area contributed by atoms with Crippen LogP contribution in [0.5, 0.6) is 0 Å². The number of thiophene rings is 1. The van der Waals surface area contributed by atoms with Crippen LogP contribution in [0.2, 0.25) is 0 Å². The number of carbonyl (C=O) groups is 1. The minimum atomic E-state index is -2.47. The van der Waals surface area contributed by atoms with E-state index in [0.29, 0.717) is 25.5 Å². The third-order valence-corrected chi connectivity index (χ3v) is 6.82. The van der Waals surface area contributed by atoms with Crippen LogP contribution in [0, 0.1) is 11.8 Å². The first-order valence-corrected chi connectivity index (χ1v) is 10.7. The lowest BCUT2D eigenvalue weighted by atomic mass is 9.84. The van der Waals surface area contributed by atoms with Crippen molar-refractivity contribution in [2.24, 2.45) is 11.8 Å². The number of piperidine rings is 1. The maximum Gasteiger partial charge on any atom is 0.260 e. The molecule has 0 bridgehead atoms. The van der Waals surface area contributed by atoms with Crippen LogP contribution in [0.4, 0.5) is 14.7 Å². The smallest absolute Gasteiger partial charge is 0.260 e. The van der Waals surface area contributed by atoms with Crippen LogP contribution in [0.1, 0.15) is 37.1 Å². The quantitative estimate of drug-likeness (QED) is 0.822. The van der Waals surface area contributed by atoms with Crippen molar-refractivity contribution in [3.05, 3.63) is 28.7 Å². The van der Waals surface area contributed by atoms with Gasteiger partial charge < -0.3 is 10.2 Å². The Labute approximate surface area is 166 Å². The maximum atomic E-state index is 13.5. The van der Waals surface area contributed by atoms with Gasteiger partial charge in [-0.3, -0.25) is 4.79 Å². The topological polar surface area (TPSA) is 63.1 Å². The standard InChI is InChI=1S/C19H25F2N5OS/c1-12(9-14-3-2-8-28-14)18(27)25-6-4-13(5-7-25)15-10-16(17(20)21)26-19(24-15)22-11-23-26/h2-3,8,11-13,15-17H,4-7,9-10H2,1H3,(H,22,23,24)/t12-,15+,16-/m1/s1. The van der Waals surface area contributed by atoms with Crippen molar-refractivity contribution in [1.82, 2.24) is 19.7 Å². The van der Waals surface area contributed by atoms with Crippen molar-refractivity contribution in [2.45, 2.75) is 51.1 Å². The molecule has 1 amide bonds. The third-order valence-electron chi connectivity index (χ3n) is 5.92. The molecule has 1 saturated heterocycles. The van der Waals surface area contributed by atoms with Crippen LogP contribution in [0.3, 0.4) is 0 Å². The monoisotopic (exact) mass is 409 g/mol. The number of hydrogen-bond acceptors (Lipinski definition) is 5. The lowest BCUT2D eigenvalue weighted by Crippen LogP contribution is -2.47. The number of rotatable bonds is 5. The second-order valence-corrected chi connectivity index (χ2v) is 8.80. The molecule has 2 aliphatic heterocycles. The summed E-state index contributed by atoms with van der Waals surface area (Å²) in [6.07, 6.45) is 1.59. The number of anilines is 1. The SMILES string of the molecule is C[C@H](Cc1cccs1)C(=O)N1CCC([C@@H]2C[C@H](C(F)F)n3ncnc3N2)CC1. The highest BCUT2D eigenvalue weighted by Gasteiger charge is 2.38. The van der Waals surface area contributed by atoms with Crippen LogP contribution in [-0.4, -0.2) is 51.1 Å². The molecule has 3 atom stereocenters. The first kappa shape index (κ1) is 19.3. The summed E-state index contributed by atoms with van der Waals surface area (Å²) < 4.78 is 28.2. The number of fused-ring (bicyclic) bond motifs is 1. The van der Waals surface area contributed by atoms with Crippen LogP contribution >= 0.6 is 11.3 Å². The molecule has 1 N–H and O–H groups in total. The van der Waals surface area contributed by atoms with E-state index in [2.05, 4.69) is 21.5 Å². The second-order valence-electron chi connectivity index (χ2n) is 7.76. The fraction of sp³-hybridized carbons (Fsp3) is 0.632. The number of likely N-dealkylation sites (tertiary alicyclic amines) is 1. The molecule has 0 saturated carbocycles. The van der Waals surface area contributed by atoms with Crippen molar-refractivity contribution in [3.8, 4) is 0 Å². The molecule has 0 unspecified atom stereocenters. The highest BCUT2D eigenvalue weighted by atomic mass is 32.1. The zero-order valence-corrected chi connectivity index (χ0v) is 16.6. The summed E-state index contributed by atoms with van der Waals surface area (Å²) in [5, 5.41) is 9.25. The van der Waals surface area contributed by atoms with Gasteiger partial charge in [0.25, 0.3) is 6.43 Å².